The number of Topliss-reactive ketones (excluding diaryl/α,β-unsaturated/α-hetero) is 1. The minimum atomic E-state index is -0.0788. The molecule has 15 heavy (non-hydrogen) atoms. The first-order chi connectivity index (χ1) is 7.27. The molecule has 3 nitrogen and oxygen atoms in total. The van der Waals surface area contributed by atoms with Gasteiger partial charge in [-0.1, -0.05) is 11.6 Å². The van der Waals surface area contributed by atoms with Gasteiger partial charge in [-0.05, 0) is 12.1 Å². The maximum Gasteiger partial charge on any atom is 0.187 e. The minimum Gasteiger partial charge on any atom is -0.292 e. The fraction of sp³-hybridized carbons (Fsp3) is 0.100. The Morgan fingerprint density at radius 2 is 2.40 bits per heavy atom. The fourth-order valence-electron chi connectivity index (χ4n) is 1.16. The van der Waals surface area contributed by atoms with E-state index in [2.05, 4.69) is 9.97 Å². The molecule has 0 radical (unpaired) electrons. The highest BCUT2D eigenvalue weighted by atomic mass is 35.5. The topological polar surface area (TPSA) is 42.9 Å². The van der Waals surface area contributed by atoms with Gasteiger partial charge in [0.2, 0.25) is 0 Å². The Morgan fingerprint density at radius 1 is 1.53 bits per heavy atom. The van der Waals surface area contributed by atoms with Crippen LogP contribution in [-0.2, 0) is 6.42 Å². The number of carbonyl (C=O) groups is 1. The van der Waals surface area contributed by atoms with Crippen LogP contribution in [0.25, 0.3) is 0 Å². The van der Waals surface area contributed by atoms with E-state index in [1.165, 1.54) is 11.3 Å². The molecule has 0 atom stereocenters. The number of rotatable bonds is 3. The van der Waals surface area contributed by atoms with Gasteiger partial charge in [-0.3, -0.25) is 14.8 Å². The Labute approximate surface area is 95.8 Å². The van der Waals surface area contributed by atoms with Crippen LogP contribution in [0.15, 0.2) is 30.0 Å². The van der Waals surface area contributed by atoms with E-state index in [0.717, 1.165) is 4.88 Å². The summed E-state index contributed by atoms with van der Waals surface area (Å²) in [6, 6.07) is 3.36. The summed E-state index contributed by atoms with van der Waals surface area (Å²) in [5.74, 6) is -0.0788. The number of nitrogens with zero attached hydrogens (tertiary/aromatic N) is 2. The first kappa shape index (κ1) is 10.3. The van der Waals surface area contributed by atoms with Gasteiger partial charge in [0.25, 0.3) is 0 Å². The van der Waals surface area contributed by atoms with Crippen molar-refractivity contribution in [2.75, 3.05) is 0 Å². The van der Waals surface area contributed by atoms with Crippen molar-refractivity contribution in [1.29, 1.82) is 0 Å². The van der Waals surface area contributed by atoms with Crippen molar-refractivity contribution in [2.24, 2.45) is 0 Å². The van der Waals surface area contributed by atoms with Crippen LogP contribution in [0.3, 0.4) is 0 Å². The normalized spacial score (nSPS) is 10.2. The smallest absolute Gasteiger partial charge is 0.187 e. The molecule has 0 N–H and O–H groups in total. The number of hydrogen-bond donors (Lipinski definition) is 0. The molecule has 0 aliphatic carbocycles. The van der Waals surface area contributed by atoms with Gasteiger partial charge in [-0.25, -0.2) is 0 Å². The molecule has 0 aliphatic heterocycles. The maximum absolute atomic E-state index is 11.8. The molecule has 0 bridgehead atoms. The van der Waals surface area contributed by atoms with Crippen molar-refractivity contribution in [3.63, 3.8) is 0 Å². The van der Waals surface area contributed by atoms with Crippen molar-refractivity contribution in [3.8, 4) is 0 Å². The Balaban J connectivity index is 2.19. The summed E-state index contributed by atoms with van der Waals surface area (Å²) >= 11 is 7.31. The lowest BCUT2D eigenvalue weighted by Gasteiger charge is -1.99. The van der Waals surface area contributed by atoms with Gasteiger partial charge in [0.15, 0.2) is 5.78 Å². The molecule has 0 saturated heterocycles. The third kappa shape index (κ3) is 2.40. The molecule has 0 fully saturated rings. The SMILES string of the molecule is O=C(Cc1cncs1)c1ncccc1Cl. The number of halogens is 1. The molecule has 5 heteroatoms. The molecular weight excluding hydrogens is 232 g/mol. The molecule has 2 aromatic heterocycles. The first-order valence-electron chi connectivity index (χ1n) is 4.28. The van der Waals surface area contributed by atoms with E-state index in [1.54, 1.807) is 30.0 Å². The highest BCUT2D eigenvalue weighted by Crippen LogP contribution is 2.16. The lowest BCUT2D eigenvalue weighted by molar-refractivity contribution is 0.0989. The molecule has 2 rings (SSSR count). The van der Waals surface area contributed by atoms with Crippen LogP contribution in [-0.4, -0.2) is 15.8 Å². The zero-order valence-corrected chi connectivity index (χ0v) is 9.26. The second kappa shape index (κ2) is 4.51. The van der Waals surface area contributed by atoms with Crippen LogP contribution in [0, 0.1) is 0 Å². The van der Waals surface area contributed by atoms with Crippen LogP contribution in [0.4, 0.5) is 0 Å². The highest BCUT2D eigenvalue weighted by molar-refractivity contribution is 7.09. The second-order valence-electron chi connectivity index (χ2n) is 2.90. The molecule has 2 heterocycles. The van der Waals surface area contributed by atoms with Crippen molar-refractivity contribution >= 4 is 28.7 Å². The average Bonchev–Trinajstić information content (AvgIpc) is 2.71. The number of aromatic nitrogens is 2. The van der Waals surface area contributed by atoms with Crippen LogP contribution < -0.4 is 0 Å². The Kier molecular flexibility index (Phi) is 3.08. The zero-order chi connectivity index (χ0) is 10.7. The van der Waals surface area contributed by atoms with E-state index in [1.807, 2.05) is 0 Å². The van der Waals surface area contributed by atoms with Gasteiger partial charge in [0.1, 0.15) is 5.69 Å². The number of ketones is 1. The predicted molar refractivity (Wildman–Crippen MR) is 59.4 cm³/mol. The summed E-state index contributed by atoms with van der Waals surface area (Å²) in [6.07, 6.45) is 3.55. The summed E-state index contributed by atoms with van der Waals surface area (Å²) in [7, 11) is 0. The predicted octanol–water partition coefficient (Wildman–Crippen LogP) is 2.62. The van der Waals surface area contributed by atoms with Gasteiger partial charge < -0.3 is 0 Å². The zero-order valence-electron chi connectivity index (χ0n) is 7.68. The summed E-state index contributed by atoms with van der Waals surface area (Å²) in [4.78, 5) is 20.5. The molecule has 0 aromatic carbocycles. The molecule has 0 saturated carbocycles. The lowest BCUT2D eigenvalue weighted by atomic mass is 10.2. The fourth-order valence-corrected chi connectivity index (χ4v) is 1.98. The number of carbonyl (C=O) groups excluding carboxylic acids is 1. The highest BCUT2D eigenvalue weighted by Gasteiger charge is 2.12. The first-order valence-corrected chi connectivity index (χ1v) is 5.54. The Bertz CT molecular complexity index is 470. The molecular formula is C10H7ClN2OS. The van der Waals surface area contributed by atoms with Crippen molar-refractivity contribution in [2.45, 2.75) is 6.42 Å². The second-order valence-corrected chi connectivity index (χ2v) is 4.28. The van der Waals surface area contributed by atoms with Crippen molar-refractivity contribution in [1.82, 2.24) is 9.97 Å². The van der Waals surface area contributed by atoms with E-state index >= 15 is 0 Å². The van der Waals surface area contributed by atoms with Gasteiger partial charge >= 0.3 is 0 Å². The number of hydrogen-bond acceptors (Lipinski definition) is 4. The van der Waals surface area contributed by atoms with E-state index in [9.17, 15) is 4.79 Å². The Morgan fingerprint density at radius 3 is 3.07 bits per heavy atom. The molecule has 76 valence electrons. The largest absolute Gasteiger partial charge is 0.292 e. The van der Waals surface area contributed by atoms with Gasteiger partial charge in [0.05, 0.1) is 10.5 Å². The minimum absolute atomic E-state index is 0.0788. The number of pyridine rings is 1. The van der Waals surface area contributed by atoms with E-state index in [4.69, 9.17) is 11.6 Å². The lowest BCUT2D eigenvalue weighted by Crippen LogP contribution is -2.05. The third-order valence-corrected chi connectivity index (χ3v) is 2.93. The van der Waals surface area contributed by atoms with Crippen molar-refractivity contribution < 1.29 is 4.79 Å². The van der Waals surface area contributed by atoms with Crippen LogP contribution in [0.5, 0.6) is 0 Å². The number of thiazole rings is 1. The van der Waals surface area contributed by atoms with E-state index < -0.39 is 0 Å². The van der Waals surface area contributed by atoms with Gasteiger partial charge in [-0.2, -0.15) is 0 Å². The monoisotopic (exact) mass is 238 g/mol. The molecule has 2 aromatic rings. The average molecular weight is 239 g/mol. The van der Waals surface area contributed by atoms with Gasteiger partial charge in [-0.15, -0.1) is 11.3 Å². The quantitative estimate of drug-likeness (QED) is 0.772. The third-order valence-electron chi connectivity index (χ3n) is 1.84. The van der Waals surface area contributed by atoms with Crippen LogP contribution in [0.2, 0.25) is 5.02 Å². The van der Waals surface area contributed by atoms with Crippen LogP contribution in [0.1, 0.15) is 15.4 Å². The molecule has 0 amide bonds. The molecule has 0 spiro atoms. The van der Waals surface area contributed by atoms with E-state index in [-0.39, 0.29) is 5.78 Å². The van der Waals surface area contributed by atoms with Crippen molar-refractivity contribution in [3.05, 3.63) is 45.6 Å². The summed E-state index contributed by atoms with van der Waals surface area (Å²) in [5, 5.41) is 0.395. The van der Waals surface area contributed by atoms with Gasteiger partial charge in [0, 0.05) is 23.7 Å². The van der Waals surface area contributed by atoms with E-state index in [0.29, 0.717) is 17.1 Å². The standard InChI is InChI=1S/C10H7ClN2OS/c11-8-2-1-3-13-10(8)9(14)4-7-5-12-6-15-7/h1-3,5-6H,4H2. The molecule has 0 unspecified atom stereocenters. The maximum atomic E-state index is 11.8. The summed E-state index contributed by atoms with van der Waals surface area (Å²) in [5.41, 5.74) is 2.02. The summed E-state index contributed by atoms with van der Waals surface area (Å²) in [6.45, 7) is 0. The van der Waals surface area contributed by atoms with Crippen LogP contribution >= 0.6 is 22.9 Å². The Hall–Kier alpha value is -1.26. The summed E-state index contributed by atoms with van der Waals surface area (Å²) < 4.78 is 0. The molecule has 0 aliphatic rings.